The molecule has 0 aliphatic carbocycles. The van der Waals surface area contributed by atoms with Gasteiger partial charge in [-0.05, 0) is 18.6 Å². The van der Waals surface area contributed by atoms with Crippen molar-refractivity contribution in [3.63, 3.8) is 0 Å². The molecule has 2 rings (SSSR count). The predicted molar refractivity (Wildman–Crippen MR) is 69.2 cm³/mol. The van der Waals surface area contributed by atoms with Crippen LogP contribution in [0.1, 0.15) is 23.0 Å². The fourth-order valence-corrected chi connectivity index (χ4v) is 1.92. The largest absolute Gasteiger partial charge is 0.359 e. The Morgan fingerprint density at radius 1 is 1.59 bits per heavy atom. The van der Waals surface area contributed by atoms with E-state index in [2.05, 4.69) is 21.9 Å². The quantitative estimate of drug-likeness (QED) is 0.804. The number of halogens is 1. The Labute approximate surface area is 104 Å². The molecule has 0 bridgehead atoms. The maximum absolute atomic E-state index is 11.7. The molecule has 0 saturated carbocycles. The number of amides is 1. The molecule has 0 aromatic carbocycles. The molecule has 0 fully saturated rings. The van der Waals surface area contributed by atoms with Gasteiger partial charge < -0.3 is 10.3 Å². The lowest BCUT2D eigenvalue weighted by Gasteiger charge is -2.03. The van der Waals surface area contributed by atoms with E-state index >= 15 is 0 Å². The predicted octanol–water partition coefficient (Wildman–Crippen LogP) is 2.61. The molecule has 0 saturated heterocycles. The summed E-state index contributed by atoms with van der Waals surface area (Å²) in [6.45, 7) is 5.69. The molecule has 4 nitrogen and oxygen atoms in total. The van der Waals surface area contributed by atoms with Crippen LogP contribution in [0.3, 0.4) is 0 Å². The van der Waals surface area contributed by atoms with Gasteiger partial charge in [-0.25, -0.2) is 4.98 Å². The number of H-pyrrole nitrogens is 1. The number of hydrogen-bond acceptors (Lipinski definition) is 2. The van der Waals surface area contributed by atoms with Gasteiger partial charge in [-0.1, -0.05) is 18.2 Å². The van der Waals surface area contributed by atoms with Crippen molar-refractivity contribution in [3.05, 3.63) is 35.3 Å². The highest BCUT2D eigenvalue weighted by molar-refractivity contribution is 6.30. The number of carbonyl (C=O) groups is 1. The third-order valence-corrected chi connectivity index (χ3v) is 2.71. The fraction of sp³-hybridized carbons (Fsp3) is 0.167. The summed E-state index contributed by atoms with van der Waals surface area (Å²) in [6, 6.07) is 1.67. The van der Waals surface area contributed by atoms with E-state index in [0.29, 0.717) is 16.4 Å². The maximum atomic E-state index is 11.7. The molecule has 0 radical (unpaired) electrons. The lowest BCUT2D eigenvalue weighted by atomic mass is 10.1. The van der Waals surface area contributed by atoms with Gasteiger partial charge in [0.2, 0.25) is 0 Å². The van der Waals surface area contributed by atoms with Crippen molar-refractivity contribution in [2.45, 2.75) is 6.92 Å². The van der Waals surface area contributed by atoms with Crippen molar-refractivity contribution in [1.29, 1.82) is 0 Å². The average molecular weight is 250 g/mol. The first-order valence-corrected chi connectivity index (χ1v) is 5.48. The Kier molecular flexibility index (Phi) is 2.90. The third kappa shape index (κ3) is 1.91. The minimum atomic E-state index is -0.161. The number of rotatable bonds is 2. The van der Waals surface area contributed by atoms with Gasteiger partial charge in [0.1, 0.15) is 5.15 Å². The molecule has 2 aromatic heterocycles. The second kappa shape index (κ2) is 4.22. The second-order valence-electron chi connectivity index (χ2n) is 3.78. The van der Waals surface area contributed by atoms with E-state index in [4.69, 9.17) is 11.6 Å². The zero-order chi connectivity index (χ0) is 12.6. The van der Waals surface area contributed by atoms with Gasteiger partial charge in [0, 0.05) is 18.6 Å². The number of aromatic amines is 1. The lowest BCUT2D eigenvalue weighted by Crippen LogP contribution is -2.17. The number of nitrogens with zero attached hydrogens (tertiary/aromatic N) is 1. The summed E-state index contributed by atoms with van der Waals surface area (Å²) < 4.78 is 0. The molecule has 0 spiro atoms. The smallest absolute Gasteiger partial charge is 0.253 e. The molecule has 2 N–H and O–H groups in total. The first-order valence-electron chi connectivity index (χ1n) is 5.10. The summed E-state index contributed by atoms with van der Waals surface area (Å²) in [5, 5.41) is 3.68. The molecular weight excluding hydrogens is 238 g/mol. The Hall–Kier alpha value is -1.81. The zero-order valence-corrected chi connectivity index (χ0v) is 10.4. The number of fused-ring (bicyclic) bond motifs is 1. The van der Waals surface area contributed by atoms with Crippen molar-refractivity contribution in [3.8, 4) is 0 Å². The van der Waals surface area contributed by atoms with Crippen LogP contribution in [0.4, 0.5) is 0 Å². The van der Waals surface area contributed by atoms with Crippen molar-refractivity contribution >= 4 is 34.0 Å². The topological polar surface area (TPSA) is 57.8 Å². The normalized spacial score (nSPS) is 10.5. The summed E-state index contributed by atoms with van der Waals surface area (Å²) in [5.41, 5.74) is 2.81. The van der Waals surface area contributed by atoms with E-state index in [1.165, 1.54) is 0 Å². The molecule has 0 aliphatic rings. The van der Waals surface area contributed by atoms with E-state index < -0.39 is 0 Å². The number of nitrogens with one attached hydrogen (secondary N) is 2. The summed E-state index contributed by atoms with van der Waals surface area (Å²) in [6.07, 6.45) is 1.65. The number of pyridine rings is 1. The first-order chi connectivity index (χ1) is 8.04. The molecule has 0 aliphatic heterocycles. The summed E-state index contributed by atoms with van der Waals surface area (Å²) in [7, 11) is 1.59. The van der Waals surface area contributed by atoms with Gasteiger partial charge in [0.15, 0.2) is 0 Å². The number of aromatic nitrogens is 2. The number of allylic oxidation sites excluding steroid dienone is 1. The van der Waals surface area contributed by atoms with Gasteiger partial charge in [-0.3, -0.25) is 4.79 Å². The van der Waals surface area contributed by atoms with Crippen LogP contribution in [-0.4, -0.2) is 22.9 Å². The number of carbonyl (C=O) groups excluding carboxylic acids is 1. The highest BCUT2D eigenvalue weighted by Gasteiger charge is 2.15. The van der Waals surface area contributed by atoms with Crippen molar-refractivity contribution < 1.29 is 4.79 Å². The minimum absolute atomic E-state index is 0.161. The van der Waals surface area contributed by atoms with Crippen LogP contribution >= 0.6 is 11.6 Å². The van der Waals surface area contributed by atoms with Gasteiger partial charge in [0.25, 0.3) is 5.91 Å². The molecule has 0 unspecified atom stereocenters. The highest BCUT2D eigenvalue weighted by atomic mass is 35.5. The van der Waals surface area contributed by atoms with Crippen LogP contribution in [0.2, 0.25) is 5.15 Å². The SMILES string of the molecule is C=C(C)c1nc(Cl)cc2c(C(=O)NC)c[nH]c12. The summed E-state index contributed by atoms with van der Waals surface area (Å²) >= 11 is 5.95. The maximum Gasteiger partial charge on any atom is 0.253 e. The molecule has 88 valence electrons. The van der Waals surface area contributed by atoms with Crippen LogP contribution < -0.4 is 5.32 Å². The third-order valence-electron chi connectivity index (χ3n) is 2.52. The molecular formula is C12H12ClN3O. The zero-order valence-electron chi connectivity index (χ0n) is 9.60. The Morgan fingerprint density at radius 2 is 2.29 bits per heavy atom. The Balaban J connectivity index is 2.77. The monoisotopic (exact) mass is 249 g/mol. The Bertz CT molecular complexity index is 615. The van der Waals surface area contributed by atoms with Crippen molar-refractivity contribution in [2.75, 3.05) is 7.05 Å². The van der Waals surface area contributed by atoms with Crippen LogP contribution in [0.25, 0.3) is 16.5 Å². The lowest BCUT2D eigenvalue weighted by molar-refractivity contribution is 0.0965. The van der Waals surface area contributed by atoms with Gasteiger partial charge in [-0.15, -0.1) is 0 Å². The standard InChI is InChI=1S/C12H12ClN3O/c1-6(2)10-11-7(4-9(13)16-10)8(5-15-11)12(17)14-3/h4-5,15H,1H2,2-3H3,(H,14,17). The van der Waals surface area contributed by atoms with Crippen LogP contribution in [0.5, 0.6) is 0 Å². The molecule has 2 heterocycles. The molecule has 17 heavy (non-hydrogen) atoms. The van der Waals surface area contributed by atoms with Crippen LogP contribution in [0, 0.1) is 0 Å². The van der Waals surface area contributed by atoms with E-state index in [9.17, 15) is 4.79 Å². The molecule has 0 atom stereocenters. The van der Waals surface area contributed by atoms with E-state index in [-0.39, 0.29) is 5.91 Å². The molecule has 1 amide bonds. The van der Waals surface area contributed by atoms with Gasteiger partial charge >= 0.3 is 0 Å². The second-order valence-corrected chi connectivity index (χ2v) is 4.17. The molecule has 5 heteroatoms. The Morgan fingerprint density at radius 3 is 2.88 bits per heavy atom. The highest BCUT2D eigenvalue weighted by Crippen LogP contribution is 2.27. The van der Waals surface area contributed by atoms with Crippen LogP contribution in [0.15, 0.2) is 18.8 Å². The minimum Gasteiger partial charge on any atom is -0.359 e. The van der Waals surface area contributed by atoms with Gasteiger partial charge in [-0.2, -0.15) is 0 Å². The summed E-state index contributed by atoms with van der Waals surface area (Å²) in [5.74, 6) is -0.161. The van der Waals surface area contributed by atoms with E-state index in [1.54, 1.807) is 19.3 Å². The van der Waals surface area contributed by atoms with Crippen LogP contribution in [-0.2, 0) is 0 Å². The van der Waals surface area contributed by atoms with Crippen molar-refractivity contribution in [1.82, 2.24) is 15.3 Å². The van der Waals surface area contributed by atoms with Crippen molar-refractivity contribution in [2.24, 2.45) is 0 Å². The average Bonchev–Trinajstić information content (AvgIpc) is 2.70. The van der Waals surface area contributed by atoms with Gasteiger partial charge in [0.05, 0.1) is 16.8 Å². The molecule has 2 aromatic rings. The van der Waals surface area contributed by atoms with E-state index in [0.717, 1.165) is 16.5 Å². The fourth-order valence-electron chi connectivity index (χ4n) is 1.73. The summed E-state index contributed by atoms with van der Waals surface area (Å²) in [4.78, 5) is 18.9. The van der Waals surface area contributed by atoms with E-state index in [1.807, 2.05) is 6.92 Å². The number of hydrogen-bond donors (Lipinski definition) is 2. The first kappa shape index (κ1) is 11.7.